The first-order chi connectivity index (χ1) is 6.50. The largest absolute Gasteiger partial charge is 0.313 e. The molecular formula is C11H21N3. The molecular weight excluding hydrogens is 174 g/mol. The van der Waals surface area contributed by atoms with E-state index in [1.54, 1.807) is 0 Å². The Morgan fingerprint density at radius 1 is 1.57 bits per heavy atom. The summed E-state index contributed by atoms with van der Waals surface area (Å²) < 4.78 is 0. The maximum Gasteiger partial charge on any atom is 0.114 e. The average molecular weight is 195 g/mol. The van der Waals surface area contributed by atoms with Gasteiger partial charge in [0.05, 0.1) is 6.07 Å². The number of hydrogen-bond donors (Lipinski definition) is 1. The zero-order valence-electron chi connectivity index (χ0n) is 9.45. The Kier molecular flexibility index (Phi) is 3.52. The summed E-state index contributed by atoms with van der Waals surface area (Å²) in [6, 6.07) is 3.38. The fourth-order valence-corrected chi connectivity index (χ4v) is 2.26. The monoisotopic (exact) mass is 195 g/mol. The molecule has 2 N–H and O–H groups in total. The standard InChI is InChI=1S/C11H21N3/c1-4-10-6-5-9(2)14(10)8-11(3,13)7-12/h9-10H,4-6,8,13H2,1-3H3. The van der Waals surface area contributed by atoms with Crippen LogP contribution < -0.4 is 5.73 Å². The molecule has 3 unspecified atom stereocenters. The molecule has 0 aliphatic carbocycles. The molecule has 80 valence electrons. The van der Waals surface area contributed by atoms with Gasteiger partial charge in [-0.25, -0.2) is 0 Å². The smallest absolute Gasteiger partial charge is 0.114 e. The van der Waals surface area contributed by atoms with Crippen LogP contribution >= 0.6 is 0 Å². The van der Waals surface area contributed by atoms with E-state index in [1.807, 2.05) is 6.92 Å². The van der Waals surface area contributed by atoms with E-state index >= 15 is 0 Å². The predicted molar refractivity (Wildman–Crippen MR) is 57.7 cm³/mol. The third-order valence-electron chi connectivity index (χ3n) is 3.19. The summed E-state index contributed by atoms with van der Waals surface area (Å²) in [5, 5.41) is 8.90. The van der Waals surface area contributed by atoms with Crippen molar-refractivity contribution in [1.29, 1.82) is 5.26 Å². The highest BCUT2D eigenvalue weighted by Crippen LogP contribution is 2.26. The minimum Gasteiger partial charge on any atom is -0.313 e. The van der Waals surface area contributed by atoms with Crippen LogP contribution in [-0.4, -0.2) is 29.1 Å². The zero-order chi connectivity index (χ0) is 10.8. The van der Waals surface area contributed by atoms with Crippen LogP contribution in [0.1, 0.15) is 40.0 Å². The molecule has 14 heavy (non-hydrogen) atoms. The topological polar surface area (TPSA) is 53.0 Å². The lowest BCUT2D eigenvalue weighted by atomic mass is 10.0. The van der Waals surface area contributed by atoms with E-state index in [-0.39, 0.29) is 0 Å². The molecule has 0 radical (unpaired) electrons. The van der Waals surface area contributed by atoms with Gasteiger partial charge in [-0.1, -0.05) is 6.92 Å². The molecule has 3 nitrogen and oxygen atoms in total. The molecule has 0 aromatic carbocycles. The van der Waals surface area contributed by atoms with E-state index < -0.39 is 5.54 Å². The maximum atomic E-state index is 8.90. The third-order valence-corrected chi connectivity index (χ3v) is 3.19. The number of nitrogens with zero attached hydrogens (tertiary/aromatic N) is 2. The molecule has 3 heteroatoms. The summed E-state index contributed by atoms with van der Waals surface area (Å²) in [5.41, 5.74) is 5.17. The van der Waals surface area contributed by atoms with Crippen molar-refractivity contribution in [2.45, 2.75) is 57.7 Å². The molecule has 1 rings (SSSR count). The highest BCUT2D eigenvalue weighted by atomic mass is 15.2. The second kappa shape index (κ2) is 4.29. The van der Waals surface area contributed by atoms with E-state index in [0.717, 1.165) is 6.42 Å². The van der Waals surface area contributed by atoms with Crippen molar-refractivity contribution < 1.29 is 0 Å². The molecule has 0 aromatic heterocycles. The van der Waals surface area contributed by atoms with Crippen LogP contribution in [0.25, 0.3) is 0 Å². The Morgan fingerprint density at radius 3 is 2.71 bits per heavy atom. The van der Waals surface area contributed by atoms with Crippen LogP contribution in [0, 0.1) is 11.3 Å². The van der Waals surface area contributed by atoms with Crippen molar-refractivity contribution >= 4 is 0 Å². The molecule has 1 aliphatic heterocycles. The lowest BCUT2D eigenvalue weighted by Crippen LogP contribution is -2.50. The van der Waals surface area contributed by atoms with Crippen LogP contribution in [0.15, 0.2) is 0 Å². The average Bonchev–Trinajstić information content (AvgIpc) is 2.48. The fraction of sp³-hybridized carbons (Fsp3) is 0.909. The van der Waals surface area contributed by atoms with Crippen molar-refractivity contribution in [2.75, 3.05) is 6.54 Å². The molecule has 0 amide bonds. The van der Waals surface area contributed by atoms with Crippen molar-refractivity contribution in [2.24, 2.45) is 5.73 Å². The van der Waals surface area contributed by atoms with Crippen LogP contribution in [0.5, 0.6) is 0 Å². The molecule has 0 bridgehead atoms. The van der Waals surface area contributed by atoms with E-state index in [0.29, 0.717) is 18.6 Å². The highest BCUT2D eigenvalue weighted by Gasteiger charge is 2.33. The zero-order valence-corrected chi connectivity index (χ0v) is 9.45. The van der Waals surface area contributed by atoms with E-state index in [4.69, 9.17) is 11.0 Å². The molecule has 3 atom stereocenters. The Bertz CT molecular complexity index is 229. The molecule has 0 spiro atoms. The van der Waals surface area contributed by atoms with Gasteiger partial charge in [0.25, 0.3) is 0 Å². The van der Waals surface area contributed by atoms with Gasteiger partial charge in [-0.2, -0.15) is 5.26 Å². The summed E-state index contributed by atoms with van der Waals surface area (Å²) in [6.07, 6.45) is 3.64. The lowest BCUT2D eigenvalue weighted by molar-refractivity contribution is 0.174. The van der Waals surface area contributed by atoms with Crippen LogP contribution in [0.4, 0.5) is 0 Å². The van der Waals surface area contributed by atoms with Gasteiger partial charge in [0, 0.05) is 18.6 Å². The summed E-state index contributed by atoms with van der Waals surface area (Å²) in [4.78, 5) is 2.39. The highest BCUT2D eigenvalue weighted by molar-refractivity contribution is 5.05. The minimum absolute atomic E-state index is 0.580. The predicted octanol–water partition coefficient (Wildman–Crippen LogP) is 1.49. The molecule has 1 aliphatic rings. The van der Waals surface area contributed by atoms with Gasteiger partial charge in [-0.15, -0.1) is 0 Å². The number of nitrogens with two attached hydrogens (primary N) is 1. The lowest BCUT2D eigenvalue weighted by Gasteiger charge is -2.32. The summed E-state index contributed by atoms with van der Waals surface area (Å²) in [7, 11) is 0. The quantitative estimate of drug-likeness (QED) is 0.742. The SMILES string of the molecule is CCC1CCC(C)N1CC(C)(N)C#N. The van der Waals surface area contributed by atoms with E-state index in [9.17, 15) is 0 Å². The molecule has 1 heterocycles. The van der Waals surface area contributed by atoms with Crippen molar-refractivity contribution in [3.63, 3.8) is 0 Å². The second-order valence-electron chi connectivity index (χ2n) is 4.69. The van der Waals surface area contributed by atoms with Gasteiger partial charge in [0.2, 0.25) is 0 Å². The minimum atomic E-state index is -0.702. The first-order valence-electron chi connectivity index (χ1n) is 5.46. The van der Waals surface area contributed by atoms with E-state index in [2.05, 4.69) is 24.8 Å². The Labute approximate surface area is 86.9 Å². The van der Waals surface area contributed by atoms with Crippen molar-refractivity contribution in [3.8, 4) is 6.07 Å². The third kappa shape index (κ3) is 2.46. The van der Waals surface area contributed by atoms with Crippen LogP contribution in [0.3, 0.4) is 0 Å². The van der Waals surface area contributed by atoms with Gasteiger partial charge in [-0.3, -0.25) is 4.90 Å². The molecule has 1 saturated heterocycles. The van der Waals surface area contributed by atoms with Gasteiger partial charge < -0.3 is 5.73 Å². The maximum absolute atomic E-state index is 8.90. The van der Waals surface area contributed by atoms with Gasteiger partial charge in [0.15, 0.2) is 0 Å². The summed E-state index contributed by atoms with van der Waals surface area (Å²) in [5.74, 6) is 0. The normalized spacial score (nSPS) is 32.5. The van der Waals surface area contributed by atoms with Crippen LogP contribution in [-0.2, 0) is 0 Å². The Hall–Kier alpha value is -0.590. The number of hydrogen-bond acceptors (Lipinski definition) is 3. The van der Waals surface area contributed by atoms with Crippen molar-refractivity contribution in [1.82, 2.24) is 4.90 Å². The summed E-state index contributed by atoms with van der Waals surface area (Å²) in [6.45, 7) is 6.94. The molecule has 0 saturated carbocycles. The molecule has 1 fully saturated rings. The number of likely N-dealkylation sites (tertiary alicyclic amines) is 1. The van der Waals surface area contributed by atoms with Gasteiger partial charge >= 0.3 is 0 Å². The number of nitriles is 1. The number of rotatable bonds is 3. The first kappa shape index (κ1) is 11.5. The van der Waals surface area contributed by atoms with Crippen molar-refractivity contribution in [3.05, 3.63) is 0 Å². The van der Waals surface area contributed by atoms with Gasteiger partial charge in [0.1, 0.15) is 5.54 Å². The fourth-order valence-electron chi connectivity index (χ4n) is 2.26. The summed E-state index contributed by atoms with van der Waals surface area (Å²) >= 11 is 0. The van der Waals surface area contributed by atoms with Crippen LogP contribution in [0.2, 0.25) is 0 Å². The second-order valence-corrected chi connectivity index (χ2v) is 4.69. The first-order valence-corrected chi connectivity index (χ1v) is 5.46. The van der Waals surface area contributed by atoms with E-state index in [1.165, 1.54) is 12.8 Å². The van der Waals surface area contributed by atoms with Gasteiger partial charge in [-0.05, 0) is 33.1 Å². The Morgan fingerprint density at radius 2 is 2.21 bits per heavy atom. The molecule has 0 aromatic rings. The Balaban J connectivity index is 2.62.